The molecule has 0 atom stereocenters. The number of carbonyl (C=O) groups excluding carboxylic acids is 1. The third-order valence-electron chi connectivity index (χ3n) is 8.47. The van der Waals surface area contributed by atoms with Crippen molar-refractivity contribution in [3.05, 3.63) is 94.0 Å². The summed E-state index contributed by atoms with van der Waals surface area (Å²) in [6.45, 7) is 8.42. The van der Waals surface area contributed by atoms with Crippen molar-refractivity contribution >= 4 is 39.8 Å². The molecule has 0 spiro atoms. The zero-order chi connectivity index (χ0) is 30.7. The van der Waals surface area contributed by atoms with Gasteiger partial charge in [0.1, 0.15) is 29.0 Å². The first kappa shape index (κ1) is 30.5. The molecule has 0 fully saturated rings. The van der Waals surface area contributed by atoms with Gasteiger partial charge in [-0.15, -0.1) is 0 Å². The van der Waals surface area contributed by atoms with E-state index in [-0.39, 0.29) is 22.9 Å². The van der Waals surface area contributed by atoms with Crippen LogP contribution in [0.3, 0.4) is 0 Å². The van der Waals surface area contributed by atoms with Gasteiger partial charge in [-0.3, -0.25) is 10.8 Å². The molecule has 1 aliphatic heterocycles. The molecule has 1 heterocycles. The summed E-state index contributed by atoms with van der Waals surface area (Å²) in [5.74, 6) is 2.01. The number of amidine groups is 2. The highest BCUT2D eigenvalue weighted by Crippen LogP contribution is 2.47. The molecule has 3 N–H and O–H groups in total. The molecule has 5 nitrogen and oxygen atoms in total. The first-order chi connectivity index (χ1) is 20.6. The lowest BCUT2D eigenvalue weighted by Crippen LogP contribution is -2.20. The van der Waals surface area contributed by atoms with Gasteiger partial charge in [-0.05, 0) is 72.4 Å². The highest BCUT2D eigenvalue weighted by molar-refractivity contribution is 6.35. The molecule has 0 unspecified atom stereocenters. The fourth-order valence-electron chi connectivity index (χ4n) is 6.04. The maximum absolute atomic E-state index is 11.6. The summed E-state index contributed by atoms with van der Waals surface area (Å²) >= 11 is 6.83. The largest absolute Gasteiger partial charge is 0.456 e. The Kier molecular flexibility index (Phi) is 9.03. The number of nitrogens with one attached hydrogen (secondary N) is 3. The van der Waals surface area contributed by atoms with Crippen LogP contribution in [-0.2, 0) is 16.6 Å². The van der Waals surface area contributed by atoms with Gasteiger partial charge in [0.05, 0.1) is 0 Å². The second-order valence-corrected chi connectivity index (χ2v) is 12.6. The Hall–Kier alpha value is -3.96. The van der Waals surface area contributed by atoms with Crippen LogP contribution < -0.4 is 10.1 Å². The average molecular weight is 594 g/mol. The molecule has 222 valence electrons. The Bertz CT molecular complexity index is 1720. The highest BCUT2D eigenvalue weighted by atomic mass is 35.5. The van der Waals surface area contributed by atoms with E-state index in [0.29, 0.717) is 28.3 Å². The number of unbranched alkanes of at least 4 members (excludes halogenated alkanes) is 2. The maximum Gasteiger partial charge on any atom is 0.136 e. The molecule has 0 aromatic heterocycles. The fourth-order valence-corrected chi connectivity index (χ4v) is 6.27. The number of hydrogen-bond donors (Lipinski definition) is 3. The molecule has 0 aliphatic carbocycles. The minimum Gasteiger partial charge on any atom is -0.456 e. The summed E-state index contributed by atoms with van der Waals surface area (Å²) in [6, 6.07) is 22.1. The zero-order valence-corrected chi connectivity index (χ0v) is 26.3. The van der Waals surface area contributed by atoms with E-state index in [1.807, 2.05) is 48.5 Å². The van der Waals surface area contributed by atoms with Crippen LogP contribution in [0.2, 0.25) is 5.02 Å². The maximum atomic E-state index is 11.6. The summed E-state index contributed by atoms with van der Waals surface area (Å²) in [6.07, 6.45) is 6.54. The van der Waals surface area contributed by atoms with Gasteiger partial charge in [-0.2, -0.15) is 0 Å². The topological polar surface area (TPSA) is 86.0 Å². The van der Waals surface area contributed by atoms with Gasteiger partial charge in [0.25, 0.3) is 0 Å². The molecular formula is C37H40ClN3O2. The number of Topliss-reactive ketones (excluding diaryl/α,β-unsaturated/α-hetero) is 1. The highest BCUT2D eigenvalue weighted by Gasteiger charge is 2.31. The average Bonchev–Trinajstić information content (AvgIpc) is 3.25. The number of benzene rings is 4. The summed E-state index contributed by atoms with van der Waals surface area (Å²) in [4.78, 5) is 11.6. The number of halogens is 1. The van der Waals surface area contributed by atoms with Crippen molar-refractivity contribution in [3.8, 4) is 22.6 Å². The number of aryl methyl sites for hydroxylation is 1. The summed E-state index contributed by atoms with van der Waals surface area (Å²) in [5, 5.41) is 22.8. The molecule has 43 heavy (non-hydrogen) atoms. The molecule has 0 radical (unpaired) electrons. The zero-order valence-electron chi connectivity index (χ0n) is 25.5. The summed E-state index contributed by atoms with van der Waals surface area (Å²) in [5.41, 5.74) is 5.02. The lowest BCUT2D eigenvalue weighted by atomic mass is 9.78. The number of rotatable bonds is 12. The predicted octanol–water partition coefficient (Wildman–Crippen LogP) is 9.98. The van der Waals surface area contributed by atoms with E-state index in [2.05, 4.69) is 44.3 Å². The van der Waals surface area contributed by atoms with E-state index >= 15 is 0 Å². The minimum atomic E-state index is -0.107. The van der Waals surface area contributed by atoms with Crippen LogP contribution in [-0.4, -0.2) is 17.5 Å². The smallest absolute Gasteiger partial charge is 0.136 e. The number of fused-ring (bicyclic) bond motifs is 2. The van der Waals surface area contributed by atoms with E-state index in [9.17, 15) is 4.79 Å². The van der Waals surface area contributed by atoms with Crippen molar-refractivity contribution in [2.45, 2.75) is 78.1 Å². The van der Waals surface area contributed by atoms with Crippen LogP contribution >= 0.6 is 11.6 Å². The Morgan fingerprint density at radius 1 is 0.884 bits per heavy atom. The number of ether oxygens (including phenoxy) is 1. The fraction of sp³-hybridized carbons (Fsp3) is 0.324. The molecule has 0 saturated carbocycles. The molecule has 4 aromatic carbocycles. The molecular weight excluding hydrogens is 554 g/mol. The van der Waals surface area contributed by atoms with Gasteiger partial charge < -0.3 is 14.8 Å². The third-order valence-corrected chi connectivity index (χ3v) is 8.80. The molecule has 1 aliphatic rings. The van der Waals surface area contributed by atoms with Gasteiger partial charge in [-0.25, -0.2) is 0 Å². The summed E-state index contributed by atoms with van der Waals surface area (Å²) in [7, 11) is 0. The van der Waals surface area contributed by atoms with Gasteiger partial charge in [0.15, 0.2) is 0 Å². The molecule has 0 amide bonds. The number of hydrogen-bond acceptors (Lipinski definition) is 4. The lowest BCUT2D eigenvalue weighted by molar-refractivity contribution is -0.117. The SMILES string of the molecule is CCCCCC(C)(C)c1cc(Oc2ccccc2CCCC(C)=O)c2c(-c3ccccc3Cl)c3c(cc2c1)C(=N)NC3=N. The Morgan fingerprint density at radius 2 is 1.63 bits per heavy atom. The van der Waals surface area contributed by atoms with E-state index in [1.165, 1.54) is 6.42 Å². The van der Waals surface area contributed by atoms with Crippen molar-refractivity contribution in [3.63, 3.8) is 0 Å². The van der Waals surface area contributed by atoms with E-state index in [0.717, 1.165) is 70.9 Å². The van der Waals surface area contributed by atoms with Crippen LogP contribution in [0.25, 0.3) is 21.9 Å². The third kappa shape index (κ3) is 6.37. The minimum absolute atomic E-state index is 0.107. The van der Waals surface area contributed by atoms with Crippen molar-refractivity contribution in [1.29, 1.82) is 10.8 Å². The standard InChI is InChI=1S/C37H40ClN3O2/c1-5-6-11-19-37(3,4)26-20-25-21-28-34(36(40)41-35(28)39)33(27-16-8-9-17-29(27)38)32(25)31(22-26)43-30-18-10-7-14-24(30)15-12-13-23(2)42/h7-10,14,16-18,20-22H,5-6,11-13,15,19H2,1-4H3,(H3,39,40,41). The molecule has 5 rings (SSSR count). The first-order valence-electron chi connectivity index (χ1n) is 15.2. The molecule has 4 aromatic rings. The Balaban J connectivity index is 1.78. The van der Waals surface area contributed by atoms with Crippen LogP contribution in [0.5, 0.6) is 11.5 Å². The quantitative estimate of drug-likeness (QED) is 0.143. The van der Waals surface area contributed by atoms with Crippen LogP contribution in [0, 0.1) is 10.8 Å². The monoisotopic (exact) mass is 593 g/mol. The molecule has 6 heteroatoms. The lowest BCUT2D eigenvalue weighted by Gasteiger charge is -2.28. The number of carbonyl (C=O) groups is 1. The number of ketones is 1. The van der Waals surface area contributed by atoms with Gasteiger partial charge in [-0.1, -0.05) is 94.1 Å². The van der Waals surface area contributed by atoms with Crippen LogP contribution in [0.15, 0.2) is 66.7 Å². The molecule has 0 bridgehead atoms. The second-order valence-electron chi connectivity index (χ2n) is 12.2. The van der Waals surface area contributed by atoms with Gasteiger partial charge in [0.2, 0.25) is 0 Å². The van der Waals surface area contributed by atoms with Crippen molar-refractivity contribution < 1.29 is 9.53 Å². The van der Waals surface area contributed by atoms with E-state index in [1.54, 1.807) is 6.92 Å². The number of para-hydroxylation sites is 1. The second kappa shape index (κ2) is 12.7. The summed E-state index contributed by atoms with van der Waals surface area (Å²) < 4.78 is 6.89. The van der Waals surface area contributed by atoms with Gasteiger partial charge >= 0.3 is 0 Å². The first-order valence-corrected chi connectivity index (χ1v) is 15.6. The normalized spacial score (nSPS) is 12.9. The molecule has 0 saturated heterocycles. The van der Waals surface area contributed by atoms with Crippen LogP contribution in [0.1, 0.15) is 88.5 Å². The van der Waals surface area contributed by atoms with E-state index in [4.69, 9.17) is 27.2 Å². The van der Waals surface area contributed by atoms with Crippen molar-refractivity contribution in [2.75, 3.05) is 0 Å². The van der Waals surface area contributed by atoms with Crippen LogP contribution in [0.4, 0.5) is 0 Å². The van der Waals surface area contributed by atoms with Crippen molar-refractivity contribution in [2.24, 2.45) is 0 Å². The van der Waals surface area contributed by atoms with Gasteiger partial charge in [0, 0.05) is 39.1 Å². The Morgan fingerprint density at radius 3 is 2.37 bits per heavy atom. The Labute approximate surface area is 259 Å². The van der Waals surface area contributed by atoms with Crippen molar-refractivity contribution in [1.82, 2.24) is 5.32 Å². The van der Waals surface area contributed by atoms with E-state index < -0.39 is 0 Å². The predicted molar refractivity (Wildman–Crippen MR) is 178 cm³/mol.